The van der Waals surface area contributed by atoms with Gasteiger partial charge in [0.05, 0.1) is 18.2 Å². The van der Waals surface area contributed by atoms with Crippen molar-refractivity contribution < 1.29 is 19.5 Å². The number of nitrogens with zero attached hydrogens (tertiary/aromatic N) is 1. The van der Waals surface area contributed by atoms with Crippen LogP contribution in [0.2, 0.25) is 0 Å². The Morgan fingerprint density at radius 2 is 2.00 bits per heavy atom. The topological polar surface area (TPSA) is 97.7 Å². The average molecular weight is 429 g/mol. The highest BCUT2D eigenvalue weighted by Crippen LogP contribution is 2.26. The fraction of sp³-hybridized carbons (Fsp3) is 0.348. The van der Waals surface area contributed by atoms with E-state index < -0.39 is 17.3 Å². The summed E-state index contributed by atoms with van der Waals surface area (Å²) in [6.45, 7) is 3.50. The van der Waals surface area contributed by atoms with Gasteiger partial charge in [-0.25, -0.2) is 0 Å². The van der Waals surface area contributed by atoms with Crippen molar-refractivity contribution in [2.24, 2.45) is 0 Å². The van der Waals surface area contributed by atoms with Gasteiger partial charge in [-0.05, 0) is 53.8 Å². The predicted molar refractivity (Wildman–Crippen MR) is 119 cm³/mol. The molecule has 0 spiro atoms. The van der Waals surface area contributed by atoms with E-state index in [9.17, 15) is 14.8 Å². The van der Waals surface area contributed by atoms with E-state index in [1.165, 1.54) is 12.3 Å². The van der Waals surface area contributed by atoms with Gasteiger partial charge in [0.15, 0.2) is 10.6 Å². The van der Waals surface area contributed by atoms with E-state index >= 15 is 0 Å². The van der Waals surface area contributed by atoms with E-state index in [1.54, 1.807) is 12.1 Å². The summed E-state index contributed by atoms with van der Waals surface area (Å²) in [4.78, 5) is 4.77. The second-order valence-electron chi connectivity index (χ2n) is 7.38. The second kappa shape index (κ2) is 10.7. The first-order chi connectivity index (χ1) is 14.4. The fourth-order valence-electron chi connectivity index (χ4n) is 3.15. The summed E-state index contributed by atoms with van der Waals surface area (Å²) in [6, 6.07) is 14.9. The van der Waals surface area contributed by atoms with Crippen LogP contribution in [0.3, 0.4) is 0 Å². The molecule has 30 heavy (non-hydrogen) atoms. The van der Waals surface area contributed by atoms with Crippen LogP contribution in [0.5, 0.6) is 5.75 Å². The molecule has 3 N–H and O–H groups in total. The van der Waals surface area contributed by atoms with Crippen molar-refractivity contribution in [3.05, 3.63) is 65.9 Å². The third-order valence-electron chi connectivity index (χ3n) is 4.95. The molecule has 0 bridgehead atoms. The summed E-state index contributed by atoms with van der Waals surface area (Å²) in [6.07, 6.45) is 3.39. The Bertz CT molecular complexity index is 967. The Morgan fingerprint density at radius 3 is 2.80 bits per heavy atom. The van der Waals surface area contributed by atoms with Crippen LogP contribution >= 0.6 is 0 Å². The third-order valence-corrected chi connectivity index (χ3v) is 5.90. The minimum atomic E-state index is -1.31. The van der Waals surface area contributed by atoms with Crippen LogP contribution in [0.25, 0.3) is 10.9 Å². The number of pyridine rings is 1. The highest BCUT2D eigenvalue weighted by atomic mass is 32.2. The number of fused-ring (bicyclic) bond motifs is 1. The third kappa shape index (κ3) is 6.17. The molecule has 6 nitrogen and oxygen atoms in total. The van der Waals surface area contributed by atoms with E-state index in [-0.39, 0.29) is 11.8 Å². The summed E-state index contributed by atoms with van der Waals surface area (Å²) in [5, 5.41) is 24.5. The largest absolute Gasteiger partial charge is 0.612 e. The van der Waals surface area contributed by atoms with Gasteiger partial charge in [-0.2, -0.15) is 0 Å². The van der Waals surface area contributed by atoms with Crippen LogP contribution in [0.4, 0.5) is 0 Å². The standard InChI is InChI=1S/C23H28N2O4S/c1-16(24-14-22(27)19-7-8-21(26)23(12-19)30(2)28)9-10-29-15-17-11-18-5-3-4-6-20(18)25-13-17/h3-8,11-13,16,22,24,26-27H,9-10,14-15H2,1-2H3. The Kier molecular flexibility index (Phi) is 8.07. The number of para-hydroxylation sites is 1. The van der Waals surface area contributed by atoms with Crippen molar-refractivity contribution in [1.29, 1.82) is 0 Å². The van der Waals surface area contributed by atoms with Gasteiger partial charge in [0.2, 0.25) is 0 Å². The molecule has 0 aliphatic carbocycles. The summed E-state index contributed by atoms with van der Waals surface area (Å²) < 4.78 is 17.4. The first-order valence-corrected chi connectivity index (χ1v) is 11.5. The van der Waals surface area contributed by atoms with Gasteiger partial charge >= 0.3 is 0 Å². The van der Waals surface area contributed by atoms with Crippen LogP contribution in [-0.2, 0) is 22.5 Å². The van der Waals surface area contributed by atoms with Gasteiger partial charge in [0.25, 0.3) is 0 Å². The number of phenols is 1. The molecule has 7 heteroatoms. The smallest absolute Gasteiger partial charge is 0.194 e. The summed E-state index contributed by atoms with van der Waals surface area (Å²) in [7, 11) is 0. The number of hydrogen-bond acceptors (Lipinski definition) is 6. The molecule has 0 saturated heterocycles. The molecular weight excluding hydrogens is 400 g/mol. The zero-order valence-electron chi connectivity index (χ0n) is 17.2. The molecule has 1 aromatic heterocycles. The Balaban J connectivity index is 1.40. The number of benzene rings is 2. The van der Waals surface area contributed by atoms with Gasteiger partial charge in [-0.1, -0.05) is 24.3 Å². The lowest BCUT2D eigenvalue weighted by atomic mass is 10.1. The van der Waals surface area contributed by atoms with Gasteiger partial charge in [0.1, 0.15) is 6.26 Å². The van der Waals surface area contributed by atoms with Crippen LogP contribution in [0.15, 0.2) is 59.6 Å². The first-order valence-electron chi connectivity index (χ1n) is 9.93. The van der Waals surface area contributed by atoms with Gasteiger partial charge < -0.3 is 24.8 Å². The SMILES string of the molecule is CC(CCOCc1cnc2ccccc2c1)NCC(O)c1ccc(O)c([S+](C)[O-])c1. The molecule has 0 saturated carbocycles. The lowest BCUT2D eigenvalue weighted by Crippen LogP contribution is -2.31. The molecule has 3 unspecified atom stereocenters. The Morgan fingerprint density at radius 1 is 1.20 bits per heavy atom. The first kappa shape index (κ1) is 22.5. The lowest BCUT2D eigenvalue weighted by Gasteiger charge is -2.18. The number of aliphatic hydroxyl groups excluding tert-OH is 1. The van der Waals surface area contributed by atoms with Crippen molar-refractivity contribution in [2.75, 3.05) is 19.4 Å². The van der Waals surface area contributed by atoms with E-state index in [0.29, 0.717) is 30.2 Å². The number of hydrogen-bond donors (Lipinski definition) is 3. The zero-order valence-corrected chi connectivity index (χ0v) is 18.1. The summed E-state index contributed by atoms with van der Waals surface area (Å²) in [5.41, 5.74) is 2.64. The number of nitrogens with one attached hydrogen (secondary N) is 1. The van der Waals surface area contributed by atoms with Crippen molar-refractivity contribution >= 4 is 22.1 Å². The Hall–Kier alpha value is -2.16. The van der Waals surface area contributed by atoms with Crippen molar-refractivity contribution in [2.45, 2.75) is 37.0 Å². The van der Waals surface area contributed by atoms with E-state index in [1.807, 2.05) is 37.4 Å². The van der Waals surface area contributed by atoms with Crippen LogP contribution in [0, 0.1) is 0 Å². The van der Waals surface area contributed by atoms with Crippen LogP contribution < -0.4 is 5.32 Å². The quantitative estimate of drug-likeness (QED) is 0.339. The van der Waals surface area contributed by atoms with Crippen molar-refractivity contribution in [3.63, 3.8) is 0 Å². The molecule has 2 aromatic carbocycles. The maximum atomic E-state index is 11.7. The maximum absolute atomic E-state index is 11.7. The fourth-order valence-corrected chi connectivity index (χ4v) is 3.81. The van der Waals surface area contributed by atoms with Gasteiger partial charge in [-0.3, -0.25) is 4.98 Å². The normalized spacial score (nSPS) is 14.5. The van der Waals surface area contributed by atoms with Crippen molar-refractivity contribution in [3.8, 4) is 5.75 Å². The second-order valence-corrected chi connectivity index (χ2v) is 8.73. The molecule has 3 rings (SSSR count). The molecule has 3 aromatic rings. The van der Waals surface area contributed by atoms with Crippen LogP contribution in [-0.4, -0.2) is 45.2 Å². The molecule has 0 fully saturated rings. The van der Waals surface area contributed by atoms with Crippen molar-refractivity contribution in [1.82, 2.24) is 10.3 Å². The predicted octanol–water partition coefficient (Wildman–Crippen LogP) is 3.30. The molecular formula is C23H28N2O4S. The highest BCUT2D eigenvalue weighted by molar-refractivity contribution is 7.90. The molecule has 0 aliphatic heterocycles. The molecule has 0 aliphatic rings. The number of aliphatic hydroxyl groups is 1. The Labute approximate surface area is 180 Å². The minimum absolute atomic E-state index is 0.0214. The maximum Gasteiger partial charge on any atom is 0.194 e. The number of aromatic hydroxyl groups is 1. The van der Waals surface area contributed by atoms with Crippen LogP contribution in [0.1, 0.15) is 30.6 Å². The van der Waals surface area contributed by atoms with E-state index in [4.69, 9.17) is 4.74 Å². The summed E-state index contributed by atoms with van der Waals surface area (Å²) in [5.74, 6) is -0.0214. The highest BCUT2D eigenvalue weighted by Gasteiger charge is 2.16. The van der Waals surface area contributed by atoms with E-state index in [2.05, 4.69) is 16.4 Å². The van der Waals surface area contributed by atoms with Gasteiger partial charge in [0, 0.05) is 36.8 Å². The average Bonchev–Trinajstić information content (AvgIpc) is 2.75. The number of aromatic nitrogens is 1. The lowest BCUT2D eigenvalue weighted by molar-refractivity contribution is 0.109. The number of phenolic OH excluding ortho intramolecular Hbond substituents is 1. The monoisotopic (exact) mass is 428 g/mol. The molecule has 3 atom stereocenters. The number of ether oxygens (including phenoxy) is 1. The molecule has 0 radical (unpaired) electrons. The van der Waals surface area contributed by atoms with Gasteiger partial charge in [-0.15, -0.1) is 0 Å². The zero-order chi connectivity index (χ0) is 21.5. The molecule has 1 heterocycles. The van der Waals surface area contributed by atoms with E-state index in [0.717, 1.165) is 22.9 Å². The molecule has 0 amide bonds. The minimum Gasteiger partial charge on any atom is -0.612 e. The number of rotatable bonds is 10. The summed E-state index contributed by atoms with van der Waals surface area (Å²) >= 11 is -1.31. The molecule has 160 valence electrons.